The van der Waals surface area contributed by atoms with Crippen molar-refractivity contribution in [2.24, 2.45) is 10.9 Å². The summed E-state index contributed by atoms with van der Waals surface area (Å²) in [5.41, 5.74) is 7.10. The molecule has 0 heterocycles. The van der Waals surface area contributed by atoms with Gasteiger partial charge in [0.1, 0.15) is 0 Å². The second kappa shape index (κ2) is 6.23. The van der Waals surface area contributed by atoms with Gasteiger partial charge in [0.2, 0.25) is 0 Å². The van der Waals surface area contributed by atoms with Gasteiger partial charge in [0.15, 0.2) is 5.84 Å². The molecule has 6 heteroatoms. The molecule has 5 nitrogen and oxygen atoms in total. The Bertz CT molecular complexity index is 475. The molecule has 0 aromatic heterocycles. The van der Waals surface area contributed by atoms with Gasteiger partial charge in [0.05, 0.1) is 6.61 Å². The maximum absolute atomic E-state index is 9.07. The Morgan fingerprint density at radius 3 is 2.74 bits per heavy atom. The lowest BCUT2D eigenvalue weighted by Crippen LogP contribution is -2.28. The van der Waals surface area contributed by atoms with E-state index >= 15 is 0 Å². The van der Waals surface area contributed by atoms with Gasteiger partial charge in [-0.05, 0) is 24.5 Å². The molecule has 104 valence electrons. The molecule has 1 fully saturated rings. The van der Waals surface area contributed by atoms with Crippen molar-refractivity contribution < 1.29 is 10.3 Å². The molecule has 1 aromatic carbocycles. The van der Waals surface area contributed by atoms with E-state index in [4.69, 9.17) is 27.6 Å². The number of hydrogen-bond donors (Lipinski definition) is 3. The number of nitrogens with two attached hydrogens (primary N) is 1. The fraction of sp³-hybridized carbons (Fsp3) is 0.462. The topological polar surface area (TPSA) is 82.1 Å². The lowest BCUT2D eigenvalue weighted by atomic mass is 10.1. The quantitative estimate of drug-likeness (QED) is 0.319. The van der Waals surface area contributed by atoms with E-state index < -0.39 is 0 Å². The number of amidine groups is 1. The average Bonchev–Trinajstić information content (AvgIpc) is 3.23. The summed E-state index contributed by atoms with van der Waals surface area (Å²) in [6, 6.07) is 5.91. The maximum Gasteiger partial charge on any atom is 0.170 e. The molecule has 0 saturated heterocycles. The second-order valence-electron chi connectivity index (χ2n) is 4.72. The highest BCUT2D eigenvalue weighted by atomic mass is 35.5. The van der Waals surface area contributed by atoms with Crippen molar-refractivity contribution in [3.05, 3.63) is 34.3 Å². The van der Waals surface area contributed by atoms with Crippen LogP contribution in [0.1, 0.15) is 24.0 Å². The summed E-state index contributed by atoms with van der Waals surface area (Å²) in [6.45, 7) is 1.51. The first-order chi connectivity index (χ1) is 9.15. The molecule has 0 atom stereocenters. The fourth-order valence-corrected chi connectivity index (χ4v) is 2.31. The SMILES string of the molecule is N/C(=N/O)c1ccc(CN(CCO)C2CC2)c(Cl)c1. The van der Waals surface area contributed by atoms with Crippen molar-refractivity contribution in [3.8, 4) is 0 Å². The first kappa shape index (κ1) is 14.1. The molecule has 19 heavy (non-hydrogen) atoms. The molecular weight excluding hydrogens is 266 g/mol. The van der Waals surface area contributed by atoms with Crippen LogP contribution < -0.4 is 5.73 Å². The van der Waals surface area contributed by atoms with Gasteiger partial charge in [-0.2, -0.15) is 0 Å². The lowest BCUT2D eigenvalue weighted by molar-refractivity contribution is 0.183. The molecule has 0 bridgehead atoms. The normalized spacial score (nSPS) is 16.1. The molecule has 1 aliphatic rings. The van der Waals surface area contributed by atoms with Crippen LogP contribution in [0.4, 0.5) is 0 Å². The van der Waals surface area contributed by atoms with E-state index in [1.54, 1.807) is 12.1 Å². The molecule has 0 spiro atoms. The van der Waals surface area contributed by atoms with Gasteiger partial charge in [0.25, 0.3) is 0 Å². The molecule has 0 unspecified atom stereocenters. The summed E-state index contributed by atoms with van der Waals surface area (Å²) in [5, 5.41) is 21.2. The summed E-state index contributed by atoms with van der Waals surface area (Å²) in [5.74, 6) is 0.0443. The van der Waals surface area contributed by atoms with Crippen LogP contribution in [0.3, 0.4) is 0 Å². The number of rotatable bonds is 6. The highest BCUT2D eigenvalue weighted by Crippen LogP contribution is 2.29. The summed E-state index contributed by atoms with van der Waals surface area (Å²) < 4.78 is 0. The first-order valence-electron chi connectivity index (χ1n) is 6.27. The molecule has 1 aliphatic carbocycles. The predicted octanol–water partition coefficient (Wildman–Crippen LogP) is 1.39. The number of nitrogens with zero attached hydrogens (tertiary/aromatic N) is 2. The highest BCUT2D eigenvalue weighted by molar-refractivity contribution is 6.31. The van der Waals surface area contributed by atoms with Gasteiger partial charge < -0.3 is 16.0 Å². The van der Waals surface area contributed by atoms with Gasteiger partial charge in [-0.1, -0.05) is 28.9 Å². The Kier molecular flexibility index (Phi) is 4.63. The molecule has 4 N–H and O–H groups in total. The molecule has 0 aliphatic heterocycles. The van der Waals surface area contributed by atoms with E-state index in [-0.39, 0.29) is 12.4 Å². The number of hydrogen-bond acceptors (Lipinski definition) is 4. The molecule has 0 radical (unpaired) electrons. The second-order valence-corrected chi connectivity index (χ2v) is 5.12. The van der Waals surface area contributed by atoms with Crippen molar-refractivity contribution in [1.82, 2.24) is 4.90 Å². The van der Waals surface area contributed by atoms with Crippen LogP contribution in [0.25, 0.3) is 0 Å². The Morgan fingerprint density at radius 2 is 2.21 bits per heavy atom. The number of aliphatic hydroxyl groups excluding tert-OH is 1. The standard InChI is InChI=1S/C13H18ClN3O2/c14-12-7-9(13(15)16-19)1-2-10(12)8-17(5-6-18)11-3-4-11/h1-2,7,11,18-19H,3-6,8H2,(H2,15,16). The first-order valence-corrected chi connectivity index (χ1v) is 6.64. The van der Waals surface area contributed by atoms with E-state index in [0.717, 1.165) is 5.56 Å². The van der Waals surface area contributed by atoms with Gasteiger partial charge in [0, 0.05) is 29.7 Å². The Hall–Kier alpha value is -1.30. The third kappa shape index (κ3) is 3.59. The van der Waals surface area contributed by atoms with Crippen LogP contribution in [0.15, 0.2) is 23.4 Å². The van der Waals surface area contributed by atoms with Crippen molar-refractivity contribution in [1.29, 1.82) is 0 Å². The van der Waals surface area contributed by atoms with E-state index in [1.807, 2.05) is 6.07 Å². The van der Waals surface area contributed by atoms with Crippen molar-refractivity contribution in [2.75, 3.05) is 13.2 Å². The highest BCUT2D eigenvalue weighted by Gasteiger charge is 2.28. The number of aliphatic hydroxyl groups is 1. The minimum atomic E-state index is 0.0443. The van der Waals surface area contributed by atoms with E-state index in [2.05, 4.69) is 10.1 Å². The van der Waals surface area contributed by atoms with Gasteiger partial charge >= 0.3 is 0 Å². The predicted molar refractivity (Wildman–Crippen MR) is 74.5 cm³/mol. The van der Waals surface area contributed by atoms with Gasteiger partial charge in [-0.25, -0.2) is 0 Å². The van der Waals surface area contributed by atoms with Crippen LogP contribution in [0.5, 0.6) is 0 Å². The van der Waals surface area contributed by atoms with Crippen molar-refractivity contribution in [3.63, 3.8) is 0 Å². The van der Waals surface area contributed by atoms with Crippen LogP contribution in [0, 0.1) is 0 Å². The third-order valence-electron chi connectivity index (χ3n) is 3.28. The van der Waals surface area contributed by atoms with Crippen LogP contribution >= 0.6 is 11.6 Å². The molecule has 2 rings (SSSR count). The summed E-state index contributed by atoms with van der Waals surface area (Å²) in [7, 11) is 0. The van der Waals surface area contributed by atoms with Crippen molar-refractivity contribution in [2.45, 2.75) is 25.4 Å². The van der Waals surface area contributed by atoms with E-state index in [1.165, 1.54) is 12.8 Å². The molecule has 0 amide bonds. The fourth-order valence-electron chi connectivity index (χ4n) is 2.07. The van der Waals surface area contributed by atoms with Crippen LogP contribution in [0.2, 0.25) is 5.02 Å². The molecule has 1 aromatic rings. The Morgan fingerprint density at radius 1 is 1.47 bits per heavy atom. The van der Waals surface area contributed by atoms with Gasteiger partial charge in [-0.15, -0.1) is 0 Å². The molecular formula is C13H18ClN3O2. The number of oxime groups is 1. The summed E-state index contributed by atoms with van der Waals surface area (Å²) in [4.78, 5) is 2.23. The monoisotopic (exact) mass is 283 g/mol. The zero-order chi connectivity index (χ0) is 13.8. The van der Waals surface area contributed by atoms with E-state index in [0.29, 0.717) is 29.7 Å². The largest absolute Gasteiger partial charge is 0.409 e. The lowest BCUT2D eigenvalue weighted by Gasteiger charge is -2.21. The van der Waals surface area contributed by atoms with Crippen molar-refractivity contribution >= 4 is 17.4 Å². The average molecular weight is 284 g/mol. The maximum atomic E-state index is 9.07. The summed E-state index contributed by atoms with van der Waals surface area (Å²) in [6.07, 6.45) is 2.36. The minimum Gasteiger partial charge on any atom is -0.409 e. The molecule has 1 saturated carbocycles. The zero-order valence-corrected chi connectivity index (χ0v) is 11.3. The number of halogens is 1. The van der Waals surface area contributed by atoms with Crippen LogP contribution in [-0.4, -0.2) is 40.2 Å². The van der Waals surface area contributed by atoms with Crippen LogP contribution in [-0.2, 0) is 6.54 Å². The Labute approximate surface area is 117 Å². The zero-order valence-electron chi connectivity index (χ0n) is 10.6. The number of benzene rings is 1. The Balaban J connectivity index is 2.11. The third-order valence-corrected chi connectivity index (χ3v) is 3.63. The van der Waals surface area contributed by atoms with E-state index in [9.17, 15) is 0 Å². The smallest absolute Gasteiger partial charge is 0.170 e. The minimum absolute atomic E-state index is 0.0443. The summed E-state index contributed by atoms with van der Waals surface area (Å²) >= 11 is 6.22. The van der Waals surface area contributed by atoms with Gasteiger partial charge in [-0.3, -0.25) is 4.90 Å².